The molecule has 3 aromatic heterocycles. The number of nitrogens with zero attached hydrogens (tertiary/aromatic N) is 5. The smallest absolute Gasteiger partial charge is 0.350 e. The van der Waals surface area contributed by atoms with Gasteiger partial charge in [-0.2, -0.15) is 4.98 Å². The Morgan fingerprint density at radius 2 is 2.00 bits per heavy atom. The second kappa shape index (κ2) is 7.70. The van der Waals surface area contributed by atoms with Gasteiger partial charge in [0.25, 0.3) is 5.89 Å². The topological polar surface area (TPSA) is 107 Å². The fraction of sp³-hybridized carbons (Fsp3) is 0.250. The van der Waals surface area contributed by atoms with Crippen LogP contribution >= 0.6 is 0 Å². The summed E-state index contributed by atoms with van der Waals surface area (Å²) < 4.78 is 7.89. The van der Waals surface area contributed by atoms with E-state index < -0.39 is 5.69 Å². The van der Waals surface area contributed by atoms with E-state index in [1.165, 1.54) is 4.40 Å². The average molecular weight is 392 g/mol. The van der Waals surface area contributed by atoms with E-state index in [1.807, 2.05) is 44.2 Å². The number of benzene rings is 1. The van der Waals surface area contributed by atoms with Crippen LogP contribution in [-0.2, 0) is 11.3 Å². The SMILES string of the molecule is CC[C@@H](C)NC(=O)Cn1nc2c(-c3nc(-c4ccccc4)no3)cccn2c1=O. The zero-order valence-corrected chi connectivity index (χ0v) is 16.1. The van der Waals surface area contributed by atoms with Gasteiger partial charge >= 0.3 is 5.69 Å². The predicted octanol–water partition coefficient (Wildman–Crippen LogP) is 2.13. The molecule has 0 spiro atoms. The first kappa shape index (κ1) is 18.6. The van der Waals surface area contributed by atoms with Crippen molar-refractivity contribution in [2.45, 2.75) is 32.9 Å². The normalized spacial score (nSPS) is 12.2. The Labute approximate surface area is 166 Å². The summed E-state index contributed by atoms with van der Waals surface area (Å²) in [4.78, 5) is 29.2. The van der Waals surface area contributed by atoms with Crippen molar-refractivity contribution in [2.75, 3.05) is 0 Å². The van der Waals surface area contributed by atoms with Gasteiger partial charge in [0.05, 0.1) is 5.56 Å². The highest BCUT2D eigenvalue weighted by Crippen LogP contribution is 2.24. The molecule has 0 radical (unpaired) electrons. The van der Waals surface area contributed by atoms with Crippen LogP contribution in [0.4, 0.5) is 0 Å². The molecule has 9 nitrogen and oxygen atoms in total. The van der Waals surface area contributed by atoms with E-state index in [1.54, 1.807) is 18.3 Å². The van der Waals surface area contributed by atoms with Crippen molar-refractivity contribution in [3.8, 4) is 22.8 Å². The number of hydrogen-bond acceptors (Lipinski definition) is 6. The Bertz CT molecular complexity index is 1210. The lowest BCUT2D eigenvalue weighted by molar-refractivity contribution is -0.122. The van der Waals surface area contributed by atoms with Crippen LogP contribution < -0.4 is 11.0 Å². The summed E-state index contributed by atoms with van der Waals surface area (Å²) >= 11 is 0. The van der Waals surface area contributed by atoms with E-state index in [0.717, 1.165) is 16.7 Å². The molecule has 0 aliphatic rings. The summed E-state index contributed by atoms with van der Waals surface area (Å²) in [7, 11) is 0. The van der Waals surface area contributed by atoms with E-state index in [0.29, 0.717) is 17.0 Å². The van der Waals surface area contributed by atoms with Crippen molar-refractivity contribution in [3.05, 3.63) is 59.1 Å². The first-order chi connectivity index (χ1) is 14.1. The zero-order chi connectivity index (χ0) is 20.4. The van der Waals surface area contributed by atoms with Crippen molar-refractivity contribution >= 4 is 11.6 Å². The van der Waals surface area contributed by atoms with Gasteiger partial charge in [-0.15, -0.1) is 5.10 Å². The van der Waals surface area contributed by atoms with Crippen LogP contribution in [-0.4, -0.2) is 36.3 Å². The van der Waals surface area contributed by atoms with Gasteiger partial charge in [0.15, 0.2) is 5.65 Å². The fourth-order valence-corrected chi connectivity index (χ4v) is 2.90. The molecular formula is C20H20N6O3. The predicted molar refractivity (Wildman–Crippen MR) is 106 cm³/mol. The molecule has 9 heteroatoms. The van der Waals surface area contributed by atoms with Gasteiger partial charge in [0, 0.05) is 17.8 Å². The van der Waals surface area contributed by atoms with Gasteiger partial charge in [-0.05, 0) is 25.5 Å². The minimum absolute atomic E-state index is 0.0283. The standard InChI is InChI=1S/C20H20N6O3/c1-3-13(2)21-16(27)12-26-20(28)25-11-7-10-15(18(25)23-26)19-22-17(24-29-19)14-8-5-4-6-9-14/h4-11,13H,3,12H2,1-2H3,(H,21,27)/t13-/m1/s1. The van der Waals surface area contributed by atoms with Crippen LogP contribution in [0.5, 0.6) is 0 Å². The monoisotopic (exact) mass is 392 g/mol. The quantitative estimate of drug-likeness (QED) is 0.539. The molecule has 148 valence electrons. The van der Waals surface area contributed by atoms with Crippen molar-refractivity contribution in [3.63, 3.8) is 0 Å². The lowest BCUT2D eigenvalue weighted by Gasteiger charge is -2.10. The van der Waals surface area contributed by atoms with Crippen LogP contribution in [0.1, 0.15) is 20.3 Å². The molecule has 0 saturated carbocycles. The highest BCUT2D eigenvalue weighted by Gasteiger charge is 2.18. The third-order valence-electron chi connectivity index (χ3n) is 4.61. The van der Waals surface area contributed by atoms with E-state index in [2.05, 4.69) is 20.6 Å². The van der Waals surface area contributed by atoms with Crippen molar-refractivity contribution in [2.24, 2.45) is 0 Å². The largest absolute Gasteiger partial charge is 0.352 e. The Morgan fingerprint density at radius 1 is 1.21 bits per heavy atom. The average Bonchev–Trinajstić information content (AvgIpc) is 3.34. The van der Waals surface area contributed by atoms with Crippen LogP contribution in [0.3, 0.4) is 0 Å². The maximum atomic E-state index is 12.6. The maximum absolute atomic E-state index is 12.6. The number of fused-ring (bicyclic) bond motifs is 1. The van der Waals surface area contributed by atoms with Gasteiger partial charge in [-0.1, -0.05) is 42.4 Å². The summed E-state index contributed by atoms with van der Waals surface area (Å²) in [5.41, 5.74) is 1.26. The van der Waals surface area contributed by atoms with Gasteiger partial charge < -0.3 is 9.84 Å². The highest BCUT2D eigenvalue weighted by atomic mass is 16.5. The second-order valence-electron chi connectivity index (χ2n) is 6.72. The van der Waals surface area contributed by atoms with E-state index in [-0.39, 0.29) is 24.4 Å². The molecule has 4 aromatic rings. The van der Waals surface area contributed by atoms with Crippen molar-refractivity contribution in [1.82, 2.24) is 29.6 Å². The van der Waals surface area contributed by atoms with E-state index in [9.17, 15) is 9.59 Å². The highest BCUT2D eigenvalue weighted by molar-refractivity contribution is 5.76. The van der Waals surface area contributed by atoms with Gasteiger partial charge in [-0.25, -0.2) is 13.9 Å². The maximum Gasteiger partial charge on any atom is 0.350 e. The molecule has 3 heterocycles. The van der Waals surface area contributed by atoms with E-state index in [4.69, 9.17) is 4.52 Å². The van der Waals surface area contributed by atoms with Gasteiger partial charge in [0.2, 0.25) is 11.7 Å². The summed E-state index contributed by atoms with van der Waals surface area (Å²) in [6.07, 6.45) is 2.39. The third-order valence-corrected chi connectivity index (χ3v) is 4.61. The lowest BCUT2D eigenvalue weighted by atomic mass is 10.2. The molecule has 0 aliphatic carbocycles. The number of carbonyl (C=O) groups is 1. The van der Waals surface area contributed by atoms with Gasteiger partial charge in [0.1, 0.15) is 6.54 Å². The van der Waals surface area contributed by atoms with Gasteiger partial charge in [-0.3, -0.25) is 4.79 Å². The molecule has 29 heavy (non-hydrogen) atoms. The molecule has 1 amide bonds. The summed E-state index contributed by atoms with van der Waals surface area (Å²) in [6, 6.07) is 12.9. The van der Waals surface area contributed by atoms with Crippen LogP contribution in [0.2, 0.25) is 0 Å². The lowest BCUT2D eigenvalue weighted by Crippen LogP contribution is -2.37. The van der Waals surface area contributed by atoms with Crippen molar-refractivity contribution < 1.29 is 9.32 Å². The van der Waals surface area contributed by atoms with Crippen LogP contribution in [0.15, 0.2) is 58.0 Å². The molecular weight excluding hydrogens is 372 g/mol. The molecule has 1 N–H and O–H groups in total. The molecule has 1 atom stereocenters. The Kier molecular flexibility index (Phi) is 4.94. The number of aromatic nitrogens is 5. The minimum Gasteiger partial charge on any atom is -0.352 e. The van der Waals surface area contributed by atoms with Crippen LogP contribution in [0.25, 0.3) is 28.5 Å². The first-order valence-corrected chi connectivity index (χ1v) is 9.34. The number of rotatable bonds is 6. The van der Waals surface area contributed by atoms with Crippen molar-refractivity contribution in [1.29, 1.82) is 0 Å². The molecule has 0 unspecified atom stereocenters. The Balaban J connectivity index is 1.69. The molecule has 4 rings (SSSR count). The Hall–Kier alpha value is -3.75. The Morgan fingerprint density at radius 3 is 2.76 bits per heavy atom. The minimum atomic E-state index is -0.413. The number of pyridine rings is 1. The molecule has 1 aromatic carbocycles. The number of nitrogens with one attached hydrogen (secondary N) is 1. The molecule has 0 aliphatic heterocycles. The molecule has 0 saturated heterocycles. The second-order valence-corrected chi connectivity index (χ2v) is 6.72. The van der Waals surface area contributed by atoms with E-state index >= 15 is 0 Å². The summed E-state index contributed by atoms with van der Waals surface area (Å²) in [6.45, 7) is 3.72. The third kappa shape index (κ3) is 3.66. The number of amides is 1. The molecule has 0 bridgehead atoms. The fourth-order valence-electron chi connectivity index (χ4n) is 2.90. The number of hydrogen-bond donors (Lipinski definition) is 1. The summed E-state index contributed by atoms with van der Waals surface area (Å²) in [5, 5.41) is 11.2. The van der Waals surface area contributed by atoms with Crippen LogP contribution in [0, 0.1) is 0 Å². The first-order valence-electron chi connectivity index (χ1n) is 9.34. The summed E-state index contributed by atoms with van der Waals surface area (Å²) in [5.74, 6) is 0.420. The molecule has 0 fully saturated rings. The zero-order valence-electron chi connectivity index (χ0n) is 16.1. The number of carbonyl (C=O) groups excluding carboxylic acids is 1.